The molecular formula is C20H27N3O2. The van der Waals surface area contributed by atoms with E-state index in [-0.39, 0.29) is 5.75 Å². The molecule has 0 bridgehead atoms. The number of ether oxygens (including phenoxy) is 1. The maximum Gasteiger partial charge on any atom is 0.160 e. The molecule has 1 aromatic carbocycles. The molecule has 1 saturated heterocycles. The first-order chi connectivity index (χ1) is 12.2. The summed E-state index contributed by atoms with van der Waals surface area (Å²) in [6.07, 6.45) is 7.15. The van der Waals surface area contributed by atoms with Crippen LogP contribution in [0.1, 0.15) is 24.0 Å². The molecule has 1 aromatic heterocycles. The monoisotopic (exact) mass is 341 g/mol. The second-order valence-electron chi connectivity index (χ2n) is 6.61. The van der Waals surface area contributed by atoms with Gasteiger partial charge in [0.1, 0.15) is 0 Å². The average Bonchev–Trinajstić information content (AvgIpc) is 2.66. The standard InChI is InChI=1S/C20H27N3O2/c1-25-20-3-2-17(14-19(20)24)15-22-18-7-12-23(13-8-18)11-6-16-4-9-21-10-5-16/h2-5,9-10,14,18,22,24H,6-8,11-13,15H2,1H3. The van der Waals surface area contributed by atoms with E-state index in [1.807, 2.05) is 24.5 Å². The predicted molar refractivity (Wildman–Crippen MR) is 98.9 cm³/mol. The molecule has 0 aliphatic carbocycles. The minimum atomic E-state index is 0.202. The van der Waals surface area contributed by atoms with Gasteiger partial charge < -0.3 is 20.1 Å². The summed E-state index contributed by atoms with van der Waals surface area (Å²) in [5.41, 5.74) is 2.44. The van der Waals surface area contributed by atoms with Gasteiger partial charge in [0.15, 0.2) is 11.5 Å². The van der Waals surface area contributed by atoms with Crippen LogP contribution >= 0.6 is 0 Å². The molecule has 0 spiro atoms. The average molecular weight is 341 g/mol. The van der Waals surface area contributed by atoms with Crippen LogP contribution in [0, 0.1) is 0 Å². The first-order valence-electron chi connectivity index (χ1n) is 8.95. The third kappa shape index (κ3) is 5.18. The molecule has 1 aliphatic heterocycles. The molecule has 3 rings (SSSR count). The summed E-state index contributed by atoms with van der Waals surface area (Å²) in [7, 11) is 1.56. The highest BCUT2D eigenvalue weighted by atomic mass is 16.5. The fourth-order valence-corrected chi connectivity index (χ4v) is 3.31. The highest BCUT2D eigenvalue weighted by molar-refractivity contribution is 5.41. The Morgan fingerprint density at radius 1 is 1.16 bits per heavy atom. The number of rotatable bonds is 7. The lowest BCUT2D eigenvalue weighted by atomic mass is 10.0. The van der Waals surface area contributed by atoms with Crippen LogP contribution in [0.25, 0.3) is 0 Å². The number of aromatic nitrogens is 1. The van der Waals surface area contributed by atoms with Gasteiger partial charge in [-0.3, -0.25) is 4.98 Å². The van der Waals surface area contributed by atoms with E-state index in [4.69, 9.17) is 4.74 Å². The number of aromatic hydroxyl groups is 1. The Balaban J connectivity index is 1.38. The molecule has 1 aliphatic rings. The number of hydrogen-bond acceptors (Lipinski definition) is 5. The van der Waals surface area contributed by atoms with Crippen LogP contribution in [-0.2, 0) is 13.0 Å². The smallest absolute Gasteiger partial charge is 0.160 e. The number of benzene rings is 1. The van der Waals surface area contributed by atoms with Gasteiger partial charge in [-0.1, -0.05) is 6.07 Å². The Hall–Kier alpha value is -2.11. The minimum absolute atomic E-state index is 0.202. The summed E-state index contributed by atoms with van der Waals surface area (Å²) in [5.74, 6) is 0.721. The quantitative estimate of drug-likeness (QED) is 0.811. The number of nitrogens with zero attached hydrogens (tertiary/aromatic N) is 2. The number of hydrogen-bond donors (Lipinski definition) is 2. The van der Waals surface area contributed by atoms with Crippen molar-refractivity contribution in [1.82, 2.24) is 15.2 Å². The third-order valence-electron chi connectivity index (χ3n) is 4.89. The molecule has 0 amide bonds. The van der Waals surface area contributed by atoms with Gasteiger partial charge >= 0.3 is 0 Å². The number of nitrogens with one attached hydrogen (secondary N) is 1. The van der Waals surface area contributed by atoms with Gasteiger partial charge in [0, 0.05) is 31.5 Å². The summed E-state index contributed by atoms with van der Waals surface area (Å²) in [6, 6.07) is 10.3. The molecular weight excluding hydrogens is 314 g/mol. The first-order valence-corrected chi connectivity index (χ1v) is 8.95. The highest BCUT2D eigenvalue weighted by Crippen LogP contribution is 2.26. The van der Waals surface area contributed by atoms with Gasteiger partial charge in [0.2, 0.25) is 0 Å². The Kier molecular flexibility index (Phi) is 6.25. The van der Waals surface area contributed by atoms with Crippen LogP contribution in [0.2, 0.25) is 0 Å². The fourth-order valence-electron chi connectivity index (χ4n) is 3.31. The molecule has 0 unspecified atom stereocenters. The van der Waals surface area contributed by atoms with E-state index in [9.17, 15) is 5.11 Å². The van der Waals surface area contributed by atoms with Crippen LogP contribution < -0.4 is 10.1 Å². The lowest BCUT2D eigenvalue weighted by Crippen LogP contribution is -2.42. The van der Waals surface area contributed by atoms with Crippen molar-refractivity contribution < 1.29 is 9.84 Å². The minimum Gasteiger partial charge on any atom is -0.504 e. The zero-order valence-electron chi connectivity index (χ0n) is 14.8. The molecule has 2 heterocycles. The molecule has 1 fully saturated rings. The van der Waals surface area contributed by atoms with Crippen molar-refractivity contribution in [1.29, 1.82) is 0 Å². The Morgan fingerprint density at radius 2 is 1.92 bits per heavy atom. The molecule has 5 nitrogen and oxygen atoms in total. The molecule has 134 valence electrons. The molecule has 2 aromatic rings. The van der Waals surface area contributed by atoms with E-state index in [2.05, 4.69) is 27.3 Å². The van der Waals surface area contributed by atoms with E-state index in [1.54, 1.807) is 13.2 Å². The summed E-state index contributed by atoms with van der Waals surface area (Å²) in [5, 5.41) is 13.5. The van der Waals surface area contributed by atoms with Crippen LogP contribution in [0.15, 0.2) is 42.7 Å². The van der Waals surface area contributed by atoms with Gasteiger partial charge in [0.05, 0.1) is 7.11 Å². The molecule has 0 atom stereocenters. The van der Waals surface area contributed by atoms with Crippen LogP contribution in [0.4, 0.5) is 0 Å². The topological polar surface area (TPSA) is 57.6 Å². The number of phenolic OH excluding ortho intramolecular Hbond substituents is 1. The zero-order chi connectivity index (χ0) is 17.5. The van der Waals surface area contributed by atoms with Crippen molar-refractivity contribution in [2.45, 2.75) is 31.8 Å². The number of phenols is 1. The van der Waals surface area contributed by atoms with Crippen LogP contribution in [-0.4, -0.2) is 47.8 Å². The van der Waals surface area contributed by atoms with E-state index >= 15 is 0 Å². The lowest BCUT2D eigenvalue weighted by molar-refractivity contribution is 0.199. The third-order valence-corrected chi connectivity index (χ3v) is 4.89. The summed E-state index contributed by atoms with van der Waals surface area (Å²) < 4.78 is 5.08. The second kappa shape index (κ2) is 8.83. The van der Waals surface area contributed by atoms with Crippen molar-refractivity contribution in [2.75, 3.05) is 26.7 Å². The van der Waals surface area contributed by atoms with E-state index in [1.165, 1.54) is 18.4 Å². The number of methoxy groups -OCH3 is 1. The Bertz CT molecular complexity index is 655. The molecule has 25 heavy (non-hydrogen) atoms. The van der Waals surface area contributed by atoms with Gasteiger partial charge in [-0.25, -0.2) is 0 Å². The fraction of sp³-hybridized carbons (Fsp3) is 0.450. The summed E-state index contributed by atoms with van der Waals surface area (Å²) >= 11 is 0. The highest BCUT2D eigenvalue weighted by Gasteiger charge is 2.18. The van der Waals surface area contributed by atoms with Crippen molar-refractivity contribution in [2.24, 2.45) is 0 Å². The molecule has 0 saturated carbocycles. The zero-order valence-corrected chi connectivity index (χ0v) is 14.8. The van der Waals surface area contributed by atoms with E-state index in [0.29, 0.717) is 11.8 Å². The Morgan fingerprint density at radius 3 is 2.60 bits per heavy atom. The van der Waals surface area contributed by atoms with E-state index < -0.39 is 0 Å². The number of pyridine rings is 1. The maximum atomic E-state index is 9.85. The van der Waals surface area contributed by atoms with Gasteiger partial charge in [-0.2, -0.15) is 0 Å². The summed E-state index contributed by atoms with van der Waals surface area (Å²) in [4.78, 5) is 6.61. The van der Waals surface area contributed by atoms with Crippen molar-refractivity contribution >= 4 is 0 Å². The van der Waals surface area contributed by atoms with Crippen molar-refractivity contribution in [3.8, 4) is 11.5 Å². The Labute approximate surface area is 149 Å². The van der Waals surface area contributed by atoms with Crippen LogP contribution in [0.5, 0.6) is 11.5 Å². The molecule has 0 radical (unpaired) electrons. The number of likely N-dealkylation sites (tertiary alicyclic amines) is 1. The van der Waals surface area contributed by atoms with Gasteiger partial charge in [-0.15, -0.1) is 0 Å². The molecule has 5 heteroatoms. The SMILES string of the molecule is COc1ccc(CNC2CCN(CCc3ccncc3)CC2)cc1O. The van der Waals surface area contributed by atoms with Crippen molar-refractivity contribution in [3.63, 3.8) is 0 Å². The van der Waals surface area contributed by atoms with Crippen LogP contribution in [0.3, 0.4) is 0 Å². The maximum absolute atomic E-state index is 9.85. The predicted octanol–water partition coefficient (Wildman–Crippen LogP) is 2.59. The number of piperidine rings is 1. The second-order valence-corrected chi connectivity index (χ2v) is 6.61. The normalized spacial score (nSPS) is 16.0. The van der Waals surface area contributed by atoms with Gasteiger partial charge in [0.25, 0.3) is 0 Å². The lowest BCUT2D eigenvalue weighted by Gasteiger charge is -2.32. The summed E-state index contributed by atoms with van der Waals surface area (Å²) in [6.45, 7) is 4.16. The van der Waals surface area contributed by atoms with Gasteiger partial charge in [-0.05, 0) is 67.7 Å². The van der Waals surface area contributed by atoms with Crippen molar-refractivity contribution in [3.05, 3.63) is 53.9 Å². The molecule has 2 N–H and O–H groups in total. The largest absolute Gasteiger partial charge is 0.504 e. The van der Waals surface area contributed by atoms with E-state index in [0.717, 1.165) is 38.2 Å². The first kappa shape index (κ1) is 17.7.